The molecule has 0 radical (unpaired) electrons. The second-order valence-electron chi connectivity index (χ2n) is 5.82. The normalized spacial score (nSPS) is 25.3. The van der Waals surface area contributed by atoms with E-state index in [0.717, 1.165) is 25.9 Å². The van der Waals surface area contributed by atoms with Crippen molar-refractivity contribution in [1.29, 1.82) is 0 Å². The lowest BCUT2D eigenvalue weighted by Gasteiger charge is -2.38. The van der Waals surface area contributed by atoms with Gasteiger partial charge in [-0.05, 0) is 25.3 Å². The summed E-state index contributed by atoms with van der Waals surface area (Å²) >= 11 is 0. The number of rotatable bonds is 5. The largest absolute Gasteiger partial charge is 0.369 e. The van der Waals surface area contributed by atoms with Gasteiger partial charge >= 0.3 is 0 Å². The first-order chi connectivity index (χ1) is 9.61. The molecule has 3 atom stereocenters. The van der Waals surface area contributed by atoms with Crippen molar-refractivity contribution in [3.05, 3.63) is 35.9 Å². The van der Waals surface area contributed by atoms with Crippen LogP contribution in [-0.4, -0.2) is 36.5 Å². The first-order valence-corrected chi connectivity index (χ1v) is 7.40. The highest BCUT2D eigenvalue weighted by atomic mass is 16.1. The zero-order chi connectivity index (χ0) is 14.5. The molecule has 1 saturated heterocycles. The van der Waals surface area contributed by atoms with Crippen LogP contribution in [-0.2, 0) is 4.79 Å². The van der Waals surface area contributed by atoms with E-state index >= 15 is 0 Å². The fourth-order valence-electron chi connectivity index (χ4n) is 2.99. The number of nitrogens with zero attached hydrogens (tertiary/aromatic N) is 1. The SMILES string of the molecule is CC1CCC(C(N)=O)CN1CC(CN)c1ccccc1. The van der Waals surface area contributed by atoms with Gasteiger partial charge in [0, 0.05) is 31.6 Å². The van der Waals surface area contributed by atoms with Crippen LogP contribution in [0.5, 0.6) is 0 Å². The maximum absolute atomic E-state index is 11.4. The van der Waals surface area contributed by atoms with Crippen molar-refractivity contribution in [2.24, 2.45) is 17.4 Å². The van der Waals surface area contributed by atoms with Gasteiger partial charge in [0.15, 0.2) is 0 Å². The molecule has 1 aliphatic heterocycles. The lowest BCUT2D eigenvalue weighted by Crippen LogP contribution is -2.47. The van der Waals surface area contributed by atoms with Gasteiger partial charge in [0.25, 0.3) is 0 Å². The second-order valence-corrected chi connectivity index (χ2v) is 5.82. The van der Waals surface area contributed by atoms with Crippen LogP contribution in [0.2, 0.25) is 0 Å². The number of benzene rings is 1. The Kier molecular flexibility index (Phi) is 5.15. The van der Waals surface area contributed by atoms with E-state index in [1.807, 2.05) is 18.2 Å². The van der Waals surface area contributed by atoms with E-state index in [0.29, 0.717) is 18.5 Å². The summed E-state index contributed by atoms with van der Waals surface area (Å²) in [6.45, 7) is 4.50. The maximum atomic E-state index is 11.4. The van der Waals surface area contributed by atoms with Gasteiger partial charge in [-0.2, -0.15) is 0 Å². The predicted molar refractivity (Wildman–Crippen MR) is 81.2 cm³/mol. The number of carbonyl (C=O) groups excluding carboxylic acids is 1. The van der Waals surface area contributed by atoms with E-state index in [1.165, 1.54) is 5.56 Å². The first-order valence-electron chi connectivity index (χ1n) is 7.40. The third kappa shape index (κ3) is 3.58. The van der Waals surface area contributed by atoms with Gasteiger partial charge in [-0.15, -0.1) is 0 Å². The van der Waals surface area contributed by atoms with Gasteiger partial charge in [0.05, 0.1) is 5.92 Å². The summed E-state index contributed by atoms with van der Waals surface area (Å²) < 4.78 is 0. The average Bonchev–Trinajstić information content (AvgIpc) is 2.47. The molecule has 0 bridgehead atoms. The molecule has 20 heavy (non-hydrogen) atoms. The van der Waals surface area contributed by atoms with Gasteiger partial charge in [-0.25, -0.2) is 0 Å². The second kappa shape index (κ2) is 6.86. The average molecular weight is 275 g/mol. The smallest absolute Gasteiger partial charge is 0.221 e. The summed E-state index contributed by atoms with van der Waals surface area (Å²) in [6, 6.07) is 10.8. The Morgan fingerprint density at radius 2 is 2.05 bits per heavy atom. The van der Waals surface area contributed by atoms with Gasteiger partial charge in [0.1, 0.15) is 0 Å². The first kappa shape index (κ1) is 15.0. The lowest BCUT2D eigenvalue weighted by atomic mass is 9.90. The number of hydrogen-bond donors (Lipinski definition) is 2. The molecule has 4 N–H and O–H groups in total. The highest BCUT2D eigenvalue weighted by Gasteiger charge is 2.29. The summed E-state index contributed by atoms with van der Waals surface area (Å²) in [7, 11) is 0. The Morgan fingerprint density at radius 3 is 2.65 bits per heavy atom. The molecule has 0 aromatic heterocycles. The topological polar surface area (TPSA) is 72.4 Å². The number of primary amides is 1. The zero-order valence-corrected chi connectivity index (χ0v) is 12.2. The van der Waals surface area contributed by atoms with Crippen molar-refractivity contribution in [1.82, 2.24) is 4.90 Å². The standard InChI is InChI=1S/C16H25N3O/c1-12-7-8-14(16(18)20)10-19(12)11-15(9-17)13-5-3-2-4-6-13/h2-6,12,14-15H,7-11,17H2,1H3,(H2,18,20). The van der Waals surface area contributed by atoms with Crippen molar-refractivity contribution in [3.63, 3.8) is 0 Å². The quantitative estimate of drug-likeness (QED) is 0.851. The summed E-state index contributed by atoms with van der Waals surface area (Å²) in [6.07, 6.45) is 1.94. The van der Waals surface area contributed by atoms with E-state index in [2.05, 4.69) is 24.0 Å². The molecule has 0 saturated carbocycles. The van der Waals surface area contributed by atoms with Crippen molar-refractivity contribution in [2.45, 2.75) is 31.7 Å². The maximum Gasteiger partial charge on any atom is 0.221 e. The van der Waals surface area contributed by atoms with Gasteiger partial charge in [-0.3, -0.25) is 9.69 Å². The monoisotopic (exact) mass is 275 g/mol. The van der Waals surface area contributed by atoms with Gasteiger partial charge in [0.2, 0.25) is 5.91 Å². The lowest BCUT2D eigenvalue weighted by molar-refractivity contribution is -0.124. The van der Waals surface area contributed by atoms with Crippen molar-refractivity contribution in [3.8, 4) is 0 Å². The van der Waals surface area contributed by atoms with Crippen LogP contribution in [0.1, 0.15) is 31.2 Å². The summed E-state index contributed by atoms with van der Waals surface area (Å²) in [5.74, 6) is 0.122. The van der Waals surface area contributed by atoms with Crippen LogP contribution < -0.4 is 11.5 Å². The molecule has 1 aromatic rings. The molecular weight excluding hydrogens is 250 g/mol. The number of likely N-dealkylation sites (tertiary alicyclic amines) is 1. The summed E-state index contributed by atoms with van der Waals surface area (Å²) in [5.41, 5.74) is 12.7. The highest BCUT2D eigenvalue weighted by molar-refractivity contribution is 5.76. The molecule has 110 valence electrons. The Bertz CT molecular complexity index is 435. The van der Waals surface area contributed by atoms with E-state index in [1.54, 1.807) is 0 Å². The number of amides is 1. The molecule has 1 amide bonds. The van der Waals surface area contributed by atoms with Crippen LogP contribution in [0.15, 0.2) is 30.3 Å². The summed E-state index contributed by atoms with van der Waals surface area (Å²) in [4.78, 5) is 13.8. The van der Waals surface area contributed by atoms with Crippen LogP contribution in [0.4, 0.5) is 0 Å². The molecule has 1 aliphatic rings. The minimum absolute atomic E-state index is 0.0135. The minimum atomic E-state index is -0.175. The highest BCUT2D eigenvalue weighted by Crippen LogP contribution is 2.25. The summed E-state index contributed by atoms with van der Waals surface area (Å²) in [5, 5.41) is 0. The van der Waals surface area contributed by atoms with Crippen molar-refractivity contribution in [2.75, 3.05) is 19.6 Å². The van der Waals surface area contributed by atoms with Crippen LogP contribution in [0.25, 0.3) is 0 Å². The third-order valence-electron chi connectivity index (χ3n) is 4.42. The van der Waals surface area contributed by atoms with Crippen LogP contribution >= 0.6 is 0 Å². The number of piperidine rings is 1. The van der Waals surface area contributed by atoms with E-state index in [9.17, 15) is 4.79 Å². The molecule has 4 nitrogen and oxygen atoms in total. The van der Waals surface area contributed by atoms with E-state index < -0.39 is 0 Å². The van der Waals surface area contributed by atoms with Crippen molar-refractivity contribution < 1.29 is 4.79 Å². The number of nitrogens with two attached hydrogens (primary N) is 2. The Hall–Kier alpha value is -1.39. The molecule has 3 unspecified atom stereocenters. The third-order valence-corrected chi connectivity index (χ3v) is 4.42. The molecule has 0 spiro atoms. The predicted octanol–water partition coefficient (Wildman–Crippen LogP) is 1.31. The molecule has 2 rings (SSSR count). The fourth-order valence-corrected chi connectivity index (χ4v) is 2.99. The van der Waals surface area contributed by atoms with E-state index in [4.69, 9.17) is 11.5 Å². The van der Waals surface area contributed by atoms with Crippen LogP contribution in [0.3, 0.4) is 0 Å². The van der Waals surface area contributed by atoms with E-state index in [-0.39, 0.29) is 11.8 Å². The van der Waals surface area contributed by atoms with Gasteiger partial charge in [-0.1, -0.05) is 30.3 Å². The van der Waals surface area contributed by atoms with Gasteiger partial charge < -0.3 is 11.5 Å². The zero-order valence-electron chi connectivity index (χ0n) is 12.2. The Morgan fingerprint density at radius 1 is 1.35 bits per heavy atom. The number of hydrogen-bond acceptors (Lipinski definition) is 3. The fraction of sp³-hybridized carbons (Fsp3) is 0.562. The molecule has 1 aromatic carbocycles. The van der Waals surface area contributed by atoms with Crippen LogP contribution in [0, 0.1) is 5.92 Å². The molecule has 1 fully saturated rings. The molecule has 4 heteroatoms. The Balaban J connectivity index is 2.04. The molecule has 1 heterocycles. The Labute approximate surface area is 121 Å². The molecular formula is C16H25N3O. The minimum Gasteiger partial charge on any atom is -0.369 e. The number of carbonyl (C=O) groups is 1. The molecule has 0 aliphatic carbocycles. The van der Waals surface area contributed by atoms with Crippen molar-refractivity contribution >= 4 is 5.91 Å².